The fraction of sp³-hybridized carbons (Fsp3) is 0.417. The van der Waals surface area contributed by atoms with Gasteiger partial charge in [0.05, 0.1) is 11.9 Å². The van der Waals surface area contributed by atoms with Crippen LogP contribution in [0.1, 0.15) is 37.3 Å². The van der Waals surface area contributed by atoms with Crippen molar-refractivity contribution in [3.05, 3.63) is 65.7 Å². The maximum absolute atomic E-state index is 13.2. The molecule has 0 aliphatic heterocycles. The first-order chi connectivity index (χ1) is 15.2. The Morgan fingerprint density at radius 2 is 1.75 bits per heavy atom. The zero-order chi connectivity index (χ0) is 23.7. The minimum Gasteiger partial charge on any atom is -0.357 e. The lowest BCUT2D eigenvalue weighted by Gasteiger charge is -2.30. The van der Waals surface area contributed by atoms with Gasteiger partial charge in [-0.15, -0.1) is 0 Å². The molecule has 7 nitrogen and oxygen atoms in total. The molecule has 0 aromatic heterocycles. The van der Waals surface area contributed by atoms with Crippen LogP contribution in [-0.4, -0.2) is 51.0 Å². The summed E-state index contributed by atoms with van der Waals surface area (Å²) in [5.41, 5.74) is 2.47. The SMILES string of the molecule is CC[C@@H](C(=O)NC)N(Cc1ccccc1)C(=O)CCCN(c1cccc(C)c1)S(C)(=O)=O. The predicted octanol–water partition coefficient (Wildman–Crippen LogP) is 3.09. The minimum absolute atomic E-state index is 0.137. The van der Waals surface area contributed by atoms with Gasteiger partial charge < -0.3 is 10.2 Å². The molecule has 2 aromatic carbocycles. The van der Waals surface area contributed by atoms with Crippen LogP contribution in [0.2, 0.25) is 0 Å². The van der Waals surface area contributed by atoms with Crippen LogP contribution in [0.25, 0.3) is 0 Å². The van der Waals surface area contributed by atoms with Crippen LogP contribution in [0, 0.1) is 6.92 Å². The van der Waals surface area contributed by atoms with Crippen LogP contribution in [0.4, 0.5) is 5.69 Å². The number of anilines is 1. The molecule has 0 saturated carbocycles. The topological polar surface area (TPSA) is 86.8 Å². The molecule has 32 heavy (non-hydrogen) atoms. The number of benzene rings is 2. The van der Waals surface area contributed by atoms with E-state index in [1.165, 1.54) is 4.31 Å². The Bertz CT molecular complexity index is 1010. The maximum atomic E-state index is 13.2. The van der Waals surface area contributed by atoms with E-state index in [0.717, 1.165) is 17.4 Å². The lowest BCUT2D eigenvalue weighted by atomic mass is 10.1. The molecule has 0 saturated heterocycles. The van der Waals surface area contributed by atoms with Crippen molar-refractivity contribution < 1.29 is 18.0 Å². The van der Waals surface area contributed by atoms with E-state index in [9.17, 15) is 18.0 Å². The van der Waals surface area contributed by atoms with Gasteiger partial charge in [0.1, 0.15) is 6.04 Å². The molecule has 8 heteroatoms. The van der Waals surface area contributed by atoms with Crippen molar-refractivity contribution in [1.82, 2.24) is 10.2 Å². The Labute approximate surface area is 191 Å². The standard InChI is InChI=1S/C24H33N3O4S/c1-5-22(24(29)25-3)26(18-20-12-7-6-8-13-20)23(28)15-10-16-27(32(4,30)31)21-14-9-11-19(2)17-21/h6-9,11-14,17,22H,5,10,15-16,18H2,1-4H3,(H,25,29)/t22-/m0/s1. The van der Waals surface area contributed by atoms with Crippen LogP contribution >= 0.6 is 0 Å². The van der Waals surface area contributed by atoms with Crippen molar-refractivity contribution in [3.63, 3.8) is 0 Å². The summed E-state index contributed by atoms with van der Waals surface area (Å²) in [7, 11) is -1.94. The summed E-state index contributed by atoms with van der Waals surface area (Å²) in [5.74, 6) is -0.392. The van der Waals surface area contributed by atoms with Gasteiger partial charge in [0.2, 0.25) is 21.8 Å². The molecule has 2 aromatic rings. The van der Waals surface area contributed by atoms with Gasteiger partial charge in [-0.2, -0.15) is 0 Å². The van der Waals surface area contributed by atoms with Gasteiger partial charge in [0.25, 0.3) is 0 Å². The van der Waals surface area contributed by atoms with E-state index < -0.39 is 16.1 Å². The van der Waals surface area contributed by atoms with Crippen LogP contribution in [0.5, 0.6) is 0 Å². The third-order valence-electron chi connectivity index (χ3n) is 5.27. The minimum atomic E-state index is -3.50. The molecule has 0 heterocycles. The fourth-order valence-corrected chi connectivity index (χ4v) is 4.61. The molecule has 0 aliphatic carbocycles. The Balaban J connectivity index is 2.16. The number of sulfonamides is 1. The van der Waals surface area contributed by atoms with Gasteiger partial charge in [-0.25, -0.2) is 8.42 Å². The quantitative estimate of drug-likeness (QED) is 0.559. The molecule has 2 rings (SSSR count). The lowest BCUT2D eigenvalue weighted by Crippen LogP contribution is -2.48. The first-order valence-electron chi connectivity index (χ1n) is 10.8. The zero-order valence-corrected chi connectivity index (χ0v) is 20.1. The first kappa shape index (κ1) is 25.4. The van der Waals surface area contributed by atoms with Crippen LogP contribution < -0.4 is 9.62 Å². The molecule has 0 radical (unpaired) electrons. The van der Waals surface area contributed by atoms with E-state index in [4.69, 9.17) is 0 Å². The number of carbonyl (C=O) groups excluding carboxylic acids is 2. The third kappa shape index (κ3) is 7.09. The summed E-state index contributed by atoms with van der Waals surface area (Å²) in [6.45, 7) is 4.27. The summed E-state index contributed by atoms with van der Waals surface area (Å²) in [6.07, 6.45) is 2.13. The van der Waals surface area contributed by atoms with Crippen molar-refractivity contribution in [1.29, 1.82) is 0 Å². The highest BCUT2D eigenvalue weighted by atomic mass is 32.2. The molecular weight excluding hydrogens is 426 g/mol. The Kier molecular flexibility index (Phi) is 9.26. The van der Waals surface area contributed by atoms with Gasteiger partial charge >= 0.3 is 0 Å². The third-order valence-corrected chi connectivity index (χ3v) is 6.46. The summed E-state index contributed by atoms with van der Waals surface area (Å²) in [6, 6.07) is 16.2. The van der Waals surface area contributed by atoms with E-state index >= 15 is 0 Å². The monoisotopic (exact) mass is 459 g/mol. The van der Waals surface area contributed by atoms with Crippen molar-refractivity contribution >= 4 is 27.5 Å². The van der Waals surface area contributed by atoms with Crippen molar-refractivity contribution in [2.75, 3.05) is 24.2 Å². The predicted molar refractivity (Wildman–Crippen MR) is 128 cm³/mol. The average molecular weight is 460 g/mol. The van der Waals surface area contributed by atoms with E-state index in [1.54, 1.807) is 18.0 Å². The highest BCUT2D eigenvalue weighted by Gasteiger charge is 2.28. The Morgan fingerprint density at radius 1 is 1.06 bits per heavy atom. The zero-order valence-electron chi connectivity index (χ0n) is 19.2. The highest BCUT2D eigenvalue weighted by molar-refractivity contribution is 7.92. The van der Waals surface area contributed by atoms with E-state index in [-0.39, 0.29) is 24.8 Å². The summed E-state index contributed by atoms with van der Waals surface area (Å²) in [5, 5.41) is 2.64. The summed E-state index contributed by atoms with van der Waals surface area (Å²) in [4.78, 5) is 27.2. The molecule has 0 aliphatic rings. The smallest absolute Gasteiger partial charge is 0.242 e. The number of amides is 2. The lowest BCUT2D eigenvalue weighted by molar-refractivity contribution is -0.141. The summed E-state index contributed by atoms with van der Waals surface area (Å²) >= 11 is 0. The number of hydrogen-bond acceptors (Lipinski definition) is 4. The molecule has 0 fully saturated rings. The molecule has 1 atom stereocenters. The average Bonchev–Trinajstić information content (AvgIpc) is 2.76. The second-order valence-corrected chi connectivity index (χ2v) is 9.73. The molecular formula is C24H33N3O4S. The Morgan fingerprint density at radius 3 is 2.31 bits per heavy atom. The fourth-order valence-electron chi connectivity index (χ4n) is 3.65. The van der Waals surface area contributed by atoms with Gasteiger partial charge in [0, 0.05) is 26.6 Å². The number of hydrogen-bond donors (Lipinski definition) is 1. The second kappa shape index (κ2) is 11.7. The molecule has 0 unspecified atom stereocenters. The van der Waals surface area contributed by atoms with E-state index in [1.807, 2.05) is 62.4 Å². The number of aryl methyl sites for hydroxylation is 1. The second-order valence-electron chi connectivity index (χ2n) is 7.82. The Hall–Kier alpha value is -2.87. The molecule has 2 amide bonds. The van der Waals surface area contributed by atoms with E-state index in [2.05, 4.69) is 5.32 Å². The van der Waals surface area contributed by atoms with Gasteiger partial charge in [0.15, 0.2) is 0 Å². The van der Waals surface area contributed by atoms with Crippen LogP contribution in [0.15, 0.2) is 54.6 Å². The van der Waals surface area contributed by atoms with Gasteiger partial charge in [-0.1, -0.05) is 49.4 Å². The number of rotatable bonds is 11. The maximum Gasteiger partial charge on any atom is 0.242 e. The van der Waals surface area contributed by atoms with Crippen LogP contribution in [-0.2, 0) is 26.2 Å². The van der Waals surface area contributed by atoms with Crippen molar-refractivity contribution in [2.45, 2.75) is 45.7 Å². The first-order valence-corrected chi connectivity index (χ1v) is 12.6. The number of likely N-dealkylation sites (N-methyl/N-ethyl adjacent to an activating group) is 1. The normalized spacial score (nSPS) is 12.1. The molecule has 174 valence electrons. The number of nitrogens with zero attached hydrogens (tertiary/aromatic N) is 2. The molecule has 1 N–H and O–H groups in total. The van der Waals surface area contributed by atoms with E-state index in [0.29, 0.717) is 25.1 Å². The largest absolute Gasteiger partial charge is 0.357 e. The summed E-state index contributed by atoms with van der Waals surface area (Å²) < 4.78 is 26.0. The molecule has 0 spiro atoms. The van der Waals surface area contributed by atoms with Crippen molar-refractivity contribution in [2.24, 2.45) is 0 Å². The van der Waals surface area contributed by atoms with Crippen molar-refractivity contribution in [3.8, 4) is 0 Å². The number of nitrogens with one attached hydrogen (secondary N) is 1. The number of carbonyl (C=O) groups is 2. The highest BCUT2D eigenvalue weighted by Crippen LogP contribution is 2.20. The van der Waals surface area contributed by atoms with Gasteiger partial charge in [-0.05, 0) is 43.0 Å². The van der Waals surface area contributed by atoms with Crippen LogP contribution in [0.3, 0.4) is 0 Å². The van der Waals surface area contributed by atoms with Gasteiger partial charge in [-0.3, -0.25) is 13.9 Å². The molecule has 0 bridgehead atoms.